The highest BCUT2D eigenvalue weighted by atomic mass is 32.1. The Morgan fingerprint density at radius 1 is 1.32 bits per heavy atom. The van der Waals surface area contributed by atoms with Crippen molar-refractivity contribution in [1.82, 2.24) is 15.2 Å². The van der Waals surface area contributed by atoms with E-state index in [1.165, 1.54) is 17.2 Å². The summed E-state index contributed by atoms with van der Waals surface area (Å²) in [7, 11) is 0. The van der Waals surface area contributed by atoms with Gasteiger partial charge < -0.3 is 20.1 Å². The Kier molecular flexibility index (Phi) is 5.38. The van der Waals surface area contributed by atoms with Crippen LogP contribution >= 0.6 is 11.3 Å². The summed E-state index contributed by atoms with van der Waals surface area (Å²) in [5, 5.41) is 22.6. The molecule has 1 atom stereocenters. The van der Waals surface area contributed by atoms with Gasteiger partial charge in [-0.15, -0.1) is 11.3 Å². The number of amides is 2. The lowest BCUT2D eigenvalue weighted by Gasteiger charge is -2.13. The van der Waals surface area contributed by atoms with Gasteiger partial charge in [-0.3, -0.25) is 19.9 Å². The number of thiophene rings is 1. The lowest BCUT2D eigenvalue weighted by molar-refractivity contribution is -0.385. The fourth-order valence-electron chi connectivity index (χ4n) is 3.22. The number of aromatic nitrogens is 1. The van der Waals surface area contributed by atoms with Crippen LogP contribution in [-0.2, 0) is 0 Å². The van der Waals surface area contributed by atoms with Crippen molar-refractivity contribution in [3.05, 3.63) is 57.3 Å². The van der Waals surface area contributed by atoms with Crippen LogP contribution in [0.25, 0.3) is 10.2 Å². The summed E-state index contributed by atoms with van der Waals surface area (Å²) in [5.41, 5.74) is 0.0711. The minimum absolute atomic E-state index is 0.197. The molecule has 10 nitrogen and oxygen atoms in total. The molecule has 1 aliphatic rings. The summed E-state index contributed by atoms with van der Waals surface area (Å²) in [6, 6.07) is 5.85. The van der Waals surface area contributed by atoms with Gasteiger partial charge in [0.2, 0.25) is 0 Å². The number of nitrogens with one attached hydrogen (secondary N) is 1. The number of nitro groups is 1. The maximum Gasteiger partial charge on any atom is 0.407 e. The Hall–Kier alpha value is -3.80. The van der Waals surface area contributed by atoms with E-state index in [0.29, 0.717) is 28.1 Å². The number of hydrogen-bond donors (Lipinski definition) is 2. The van der Waals surface area contributed by atoms with Crippen LogP contribution in [0.4, 0.5) is 14.9 Å². The molecule has 0 bridgehead atoms. The van der Waals surface area contributed by atoms with E-state index in [0.717, 1.165) is 29.5 Å². The highest BCUT2D eigenvalue weighted by Gasteiger charge is 2.28. The summed E-state index contributed by atoms with van der Waals surface area (Å²) in [4.78, 5) is 39.5. The molecule has 3 heterocycles. The van der Waals surface area contributed by atoms with E-state index in [-0.39, 0.29) is 30.0 Å². The van der Waals surface area contributed by atoms with Crippen molar-refractivity contribution in [2.45, 2.75) is 12.5 Å². The number of rotatable bonds is 5. The standard InChI is InChI=1S/C19H15FN4O6S/c20-12-7-11(24(28)29)1-2-14(12)30-15-3-5-21-13-8-16(31-17(13)15)18(25)22-10-4-6-23(9-10)19(26)27/h1-3,5,7-8,10H,4,6,9H2,(H,22,25)(H,26,27). The number of carbonyl (C=O) groups excluding carboxylic acids is 1. The van der Waals surface area contributed by atoms with Crippen LogP contribution in [0.2, 0.25) is 0 Å². The molecule has 1 saturated heterocycles. The summed E-state index contributed by atoms with van der Waals surface area (Å²) in [5.74, 6) is -1.21. The molecule has 2 aromatic heterocycles. The number of benzene rings is 1. The summed E-state index contributed by atoms with van der Waals surface area (Å²) >= 11 is 1.10. The third-order valence-electron chi connectivity index (χ3n) is 4.74. The number of fused-ring (bicyclic) bond motifs is 1. The van der Waals surface area contributed by atoms with Crippen molar-refractivity contribution in [2.24, 2.45) is 0 Å². The van der Waals surface area contributed by atoms with Crippen molar-refractivity contribution in [3.8, 4) is 11.5 Å². The Morgan fingerprint density at radius 3 is 2.81 bits per heavy atom. The molecule has 4 rings (SSSR count). The third kappa shape index (κ3) is 4.23. The molecule has 2 N–H and O–H groups in total. The first kappa shape index (κ1) is 20.5. The molecule has 1 unspecified atom stereocenters. The molecule has 0 spiro atoms. The van der Waals surface area contributed by atoms with Gasteiger partial charge in [0.1, 0.15) is 5.75 Å². The number of nitro benzene ring substituents is 1. The number of pyridine rings is 1. The first-order valence-electron chi connectivity index (χ1n) is 9.11. The van der Waals surface area contributed by atoms with Crippen LogP contribution < -0.4 is 10.1 Å². The number of ether oxygens (including phenoxy) is 1. The van der Waals surface area contributed by atoms with E-state index in [9.17, 15) is 24.1 Å². The van der Waals surface area contributed by atoms with Gasteiger partial charge in [0.15, 0.2) is 11.6 Å². The van der Waals surface area contributed by atoms with E-state index in [4.69, 9.17) is 9.84 Å². The van der Waals surface area contributed by atoms with Crippen LogP contribution in [0.3, 0.4) is 0 Å². The normalized spacial score (nSPS) is 15.8. The van der Waals surface area contributed by atoms with Crippen molar-refractivity contribution < 1.29 is 28.7 Å². The molecular weight excluding hydrogens is 431 g/mol. The lowest BCUT2D eigenvalue weighted by atomic mass is 10.2. The van der Waals surface area contributed by atoms with E-state index < -0.39 is 22.5 Å². The van der Waals surface area contributed by atoms with Gasteiger partial charge in [-0.2, -0.15) is 0 Å². The summed E-state index contributed by atoms with van der Waals surface area (Å²) in [6.45, 7) is 0.574. The molecule has 1 aliphatic heterocycles. The maximum absolute atomic E-state index is 14.2. The zero-order valence-electron chi connectivity index (χ0n) is 15.8. The molecule has 0 saturated carbocycles. The average molecular weight is 446 g/mol. The van der Waals surface area contributed by atoms with Gasteiger partial charge in [-0.1, -0.05) is 0 Å². The highest BCUT2D eigenvalue weighted by molar-refractivity contribution is 7.21. The zero-order valence-corrected chi connectivity index (χ0v) is 16.6. The van der Waals surface area contributed by atoms with Crippen LogP contribution in [0.5, 0.6) is 11.5 Å². The predicted octanol–water partition coefficient (Wildman–Crippen LogP) is 3.62. The smallest absolute Gasteiger partial charge is 0.407 e. The Labute approximate surface area is 178 Å². The minimum atomic E-state index is -1.02. The minimum Gasteiger partial charge on any atom is -0.465 e. The largest absolute Gasteiger partial charge is 0.465 e. The van der Waals surface area contributed by atoms with Gasteiger partial charge in [0.25, 0.3) is 11.6 Å². The number of nitrogens with zero attached hydrogens (tertiary/aromatic N) is 3. The Balaban J connectivity index is 1.54. The average Bonchev–Trinajstić information content (AvgIpc) is 3.37. The zero-order chi connectivity index (χ0) is 22.1. The van der Waals surface area contributed by atoms with E-state index in [1.807, 2.05) is 0 Å². The molecule has 1 aromatic carbocycles. The van der Waals surface area contributed by atoms with Crippen LogP contribution in [0, 0.1) is 15.9 Å². The molecule has 12 heteroatoms. The van der Waals surface area contributed by atoms with Crippen LogP contribution in [0.15, 0.2) is 36.5 Å². The molecule has 160 valence electrons. The maximum atomic E-state index is 14.2. The Bertz CT molecular complexity index is 1200. The number of halogens is 1. The van der Waals surface area contributed by atoms with Crippen LogP contribution in [-0.4, -0.2) is 51.0 Å². The number of carboxylic acid groups (broad SMARTS) is 1. The second-order valence-corrected chi connectivity index (χ2v) is 7.85. The first-order chi connectivity index (χ1) is 14.8. The Morgan fingerprint density at radius 2 is 2.13 bits per heavy atom. The molecule has 1 fully saturated rings. The molecular formula is C19H15FN4O6S. The van der Waals surface area contributed by atoms with Crippen LogP contribution in [0.1, 0.15) is 16.1 Å². The van der Waals surface area contributed by atoms with Gasteiger partial charge in [0, 0.05) is 37.5 Å². The summed E-state index contributed by atoms with van der Waals surface area (Å²) < 4.78 is 20.3. The number of carbonyl (C=O) groups is 2. The van der Waals surface area contributed by atoms with Crippen molar-refractivity contribution >= 4 is 39.2 Å². The monoisotopic (exact) mass is 446 g/mol. The molecule has 2 amide bonds. The third-order valence-corrected chi connectivity index (χ3v) is 5.88. The lowest BCUT2D eigenvalue weighted by Crippen LogP contribution is -2.37. The topological polar surface area (TPSA) is 135 Å². The van der Waals surface area contributed by atoms with Gasteiger partial charge in [0.05, 0.1) is 26.1 Å². The molecule has 0 aliphatic carbocycles. The highest BCUT2D eigenvalue weighted by Crippen LogP contribution is 2.36. The SMILES string of the molecule is O=C(NC1CCN(C(=O)O)C1)c1cc2nccc(Oc3ccc([N+](=O)[O-])cc3F)c2s1. The van der Waals surface area contributed by atoms with Gasteiger partial charge in [-0.05, 0) is 18.6 Å². The van der Waals surface area contributed by atoms with E-state index in [2.05, 4.69) is 10.3 Å². The van der Waals surface area contributed by atoms with Crippen molar-refractivity contribution in [1.29, 1.82) is 0 Å². The second-order valence-electron chi connectivity index (χ2n) is 6.80. The van der Waals surface area contributed by atoms with Crippen molar-refractivity contribution in [2.75, 3.05) is 13.1 Å². The number of likely N-dealkylation sites (tertiary alicyclic amines) is 1. The summed E-state index contributed by atoms with van der Waals surface area (Å²) in [6.07, 6.45) is 0.939. The first-order valence-corrected chi connectivity index (χ1v) is 9.92. The second kappa shape index (κ2) is 8.14. The van der Waals surface area contributed by atoms with Gasteiger partial charge >= 0.3 is 6.09 Å². The quantitative estimate of drug-likeness (QED) is 0.451. The predicted molar refractivity (Wildman–Crippen MR) is 108 cm³/mol. The fourth-order valence-corrected chi connectivity index (χ4v) is 4.19. The van der Waals surface area contributed by atoms with Gasteiger partial charge in [-0.25, -0.2) is 9.18 Å². The van der Waals surface area contributed by atoms with E-state index in [1.54, 1.807) is 6.07 Å². The number of hydrogen-bond acceptors (Lipinski definition) is 7. The molecule has 3 aromatic rings. The molecule has 31 heavy (non-hydrogen) atoms. The molecule has 0 radical (unpaired) electrons. The van der Waals surface area contributed by atoms with E-state index >= 15 is 0 Å². The fraction of sp³-hybridized carbons (Fsp3) is 0.211. The number of non-ortho nitro benzene ring substituents is 1. The van der Waals surface area contributed by atoms with Crippen molar-refractivity contribution in [3.63, 3.8) is 0 Å².